The summed E-state index contributed by atoms with van der Waals surface area (Å²) in [5.74, 6) is 0.542. The third-order valence-corrected chi connectivity index (χ3v) is 5.98. The number of nitrogens with two attached hydrogens (primary N) is 1. The van der Waals surface area contributed by atoms with Crippen molar-refractivity contribution in [2.45, 2.75) is 25.5 Å². The molecule has 1 aliphatic heterocycles. The van der Waals surface area contributed by atoms with Gasteiger partial charge in [0.25, 0.3) is 0 Å². The number of aromatic nitrogens is 4. The van der Waals surface area contributed by atoms with E-state index in [0.717, 1.165) is 35.3 Å². The van der Waals surface area contributed by atoms with Crippen LogP contribution in [0.25, 0.3) is 32.9 Å². The number of methoxy groups -OCH3 is 1. The monoisotopic (exact) mass is 455 g/mol. The van der Waals surface area contributed by atoms with Gasteiger partial charge in [-0.2, -0.15) is 0 Å². The summed E-state index contributed by atoms with van der Waals surface area (Å²) in [6.07, 6.45) is 0.671. The number of hydrogen-bond donors (Lipinski definition) is 2. The fourth-order valence-corrected chi connectivity index (χ4v) is 4.48. The lowest BCUT2D eigenvalue weighted by Gasteiger charge is -2.18. The second-order valence-electron chi connectivity index (χ2n) is 7.40. The number of benzene rings is 1. The maximum Gasteiger partial charge on any atom is 0.347 e. The van der Waals surface area contributed by atoms with Gasteiger partial charge in [-0.25, -0.2) is 19.7 Å². The lowest BCUT2D eigenvalue weighted by Crippen LogP contribution is -2.31. The van der Waals surface area contributed by atoms with Crippen molar-refractivity contribution in [2.24, 2.45) is 0 Å². The summed E-state index contributed by atoms with van der Waals surface area (Å²) >= 11 is 1.33. The fourth-order valence-electron chi connectivity index (χ4n) is 3.78. The first-order valence-corrected chi connectivity index (χ1v) is 10.9. The Bertz CT molecular complexity index is 1320. The van der Waals surface area contributed by atoms with Gasteiger partial charge in [0.15, 0.2) is 11.0 Å². The van der Waals surface area contributed by atoms with Gasteiger partial charge in [-0.15, -0.1) is 0 Å². The summed E-state index contributed by atoms with van der Waals surface area (Å²) < 4.78 is 18.8. The van der Waals surface area contributed by atoms with Gasteiger partial charge >= 0.3 is 5.97 Å². The number of nitrogens with zero attached hydrogens (tertiary/aromatic N) is 4. The maximum absolute atomic E-state index is 11.5. The Morgan fingerprint density at radius 1 is 1.28 bits per heavy atom. The van der Waals surface area contributed by atoms with Gasteiger partial charge in [-0.3, -0.25) is 0 Å². The molecule has 0 aliphatic carbocycles. The van der Waals surface area contributed by atoms with Crippen molar-refractivity contribution in [3.63, 3.8) is 0 Å². The smallest absolute Gasteiger partial charge is 0.347 e. The fraction of sp³-hybridized carbons (Fsp3) is 0.333. The Kier molecular flexibility index (Phi) is 5.27. The number of fused-ring (bicyclic) bond motifs is 1. The average Bonchev–Trinajstić information content (AvgIpc) is 3.29. The number of thiazole rings is 1. The Morgan fingerprint density at radius 2 is 2.16 bits per heavy atom. The molecule has 166 valence electrons. The number of carboxylic acid groups (broad SMARTS) is 1. The molecule has 0 radical (unpaired) electrons. The highest BCUT2D eigenvalue weighted by molar-refractivity contribution is 7.21. The van der Waals surface area contributed by atoms with Gasteiger partial charge in [0, 0.05) is 25.8 Å². The zero-order valence-electron chi connectivity index (χ0n) is 17.3. The minimum Gasteiger partial charge on any atom is -0.491 e. The number of ether oxygens (including phenoxy) is 3. The highest BCUT2D eigenvalue weighted by Crippen LogP contribution is 2.37. The minimum atomic E-state index is -1.14. The molecule has 0 amide bonds. The predicted octanol–water partition coefficient (Wildman–Crippen LogP) is 2.94. The number of anilines is 1. The molecule has 5 rings (SSSR count). The highest BCUT2D eigenvalue weighted by Gasteiger charge is 2.24. The summed E-state index contributed by atoms with van der Waals surface area (Å²) in [5.41, 5.74) is 8.75. The lowest BCUT2D eigenvalue weighted by molar-refractivity contribution is -0.147. The first-order valence-electron chi connectivity index (χ1n) is 10.1. The summed E-state index contributed by atoms with van der Waals surface area (Å²) in [6, 6.07) is 7.19. The van der Waals surface area contributed by atoms with Gasteiger partial charge in [0.1, 0.15) is 33.1 Å². The SMILES string of the molecule is COC[C@H](Oc1cc2c3c(c1)nc(-c1ccc4nc(N)sc4n1)n3CCCCO2)C(=O)O. The van der Waals surface area contributed by atoms with Crippen molar-refractivity contribution in [1.82, 2.24) is 19.5 Å². The van der Waals surface area contributed by atoms with Gasteiger partial charge in [0.05, 0.1) is 18.7 Å². The number of carboxylic acids is 1. The van der Waals surface area contributed by atoms with Crippen molar-refractivity contribution >= 4 is 43.8 Å². The topological polar surface area (TPSA) is 135 Å². The molecule has 1 atom stereocenters. The zero-order valence-corrected chi connectivity index (χ0v) is 18.1. The van der Waals surface area contributed by atoms with E-state index in [1.807, 2.05) is 12.1 Å². The van der Waals surface area contributed by atoms with Crippen molar-refractivity contribution < 1.29 is 24.1 Å². The second-order valence-corrected chi connectivity index (χ2v) is 8.41. The number of pyridine rings is 1. The molecule has 1 aromatic carbocycles. The van der Waals surface area contributed by atoms with Crippen LogP contribution >= 0.6 is 11.3 Å². The zero-order chi connectivity index (χ0) is 22.2. The van der Waals surface area contributed by atoms with E-state index in [1.54, 1.807) is 12.1 Å². The standard InChI is InChI=1S/C21H21N5O5S/c1-29-10-16(20(27)28)31-11-8-14-17-15(9-11)30-7-3-2-6-26(17)18(23-14)12-4-5-13-19(24-12)32-21(22)25-13/h4-5,8-9,16H,2-3,6-7,10H2,1H3,(H2,22,25)(H,27,28)/t16-/m0/s1. The molecule has 1 aliphatic rings. The van der Waals surface area contributed by atoms with Crippen LogP contribution < -0.4 is 15.2 Å². The molecule has 4 heterocycles. The molecule has 3 N–H and O–H groups in total. The molecule has 10 nitrogen and oxygen atoms in total. The summed E-state index contributed by atoms with van der Waals surface area (Å²) in [4.78, 5) is 26.1. The van der Waals surface area contributed by atoms with Crippen LogP contribution in [0, 0.1) is 0 Å². The van der Waals surface area contributed by atoms with E-state index in [-0.39, 0.29) is 6.61 Å². The van der Waals surface area contributed by atoms with E-state index in [9.17, 15) is 9.90 Å². The highest BCUT2D eigenvalue weighted by atomic mass is 32.1. The Hall–Kier alpha value is -3.44. The number of nitrogen functional groups attached to an aromatic ring is 1. The van der Waals surface area contributed by atoms with E-state index in [4.69, 9.17) is 29.9 Å². The molecule has 4 aromatic rings. The van der Waals surface area contributed by atoms with Gasteiger partial charge in [-0.05, 0) is 25.0 Å². The number of aliphatic carboxylic acids is 1. The van der Waals surface area contributed by atoms with Crippen LogP contribution in [0.1, 0.15) is 12.8 Å². The molecule has 0 spiro atoms. The quantitative estimate of drug-likeness (QED) is 0.450. The van der Waals surface area contributed by atoms with Crippen molar-refractivity contribution in [3.05, 3.63) is 24.3 Å². The average molecular weight is 455 g/mol. The Morgan fingerprint density at radius 3 is 2.97 bits per heavy atom. The molecule has 0 saturated heterocycles. The summed E-state index contributed by atoms with van der Waals surface area (Å²) in [6.45, 7) is 1.24. The third-order valence-electron chi connectivity index (χ3n) is 5.19. The Labute approximate surface area is 186 Å². The molecule has 3 aromatic heterocycles. The van der Waals surface area contributed by atoms with E-state index < -0.39 is 12.1 Å². The number of imidazole rings is 1. The van der Waals surface area contributed by atoms with Crippen LogP contribution in [0.5, 0.6) is 11.5 Å². The molecule has 0 saturated carbocycles. The van der Waals surface area contributed by atoms with Crippen LogP contribution in [0.3, 0.4) is 0 Å². The summed E-state index contributed by atoms with van der Waals surface area (Å²) in [5, 5.41) is 9.87. The first-order chi connectivity index (χ1) is 15.5. The van der Waals surface area contributed by atoms with Crippen LogP contribution in [0.15, 0.2) is 24.3 Å². The summed E-state index contributed by atoms with van der Waals surface area (Å²) in [7, 11) is 1.43. The lowest BCUT2D eigenvalue weighted by atomic mass is 10.2. The van der Waals surface area contributed by atoms with Crippen LogP contribution in [-0.4, -0.2) is 57.0 Å². The Balaban J connectivity index is 1.64. The normalized spacial score (nSPS) is 14.7. The van der Waals surface area contributed by atoms with Crippen molar-refractivity contribution in [1.29, 1.82) is 0 Å². The molecule has 0 unspecified atom stereocenters. The van der Waals surface area contributed by atoms with E-state index in [1.165, 1.54) is 18.4 Å². The van der Waals surface area contributed by atoms with Gasteiger partial charge in [-0.1, -0.05) is 11.3 Å². The predicted molar refractivity (Wildman–Crippen MR) is 119 cm³/mol. The minimum absolute atomic E-state index is 0.0782. The van der Waals surface area contributed by atoms with Crippen molar-refractivity contribution in [3.8, 4) is 23.0 Å². The number of aryl methyl sites for hydroxylation is 1. The largest absolute Gasteiger partial charge is 0.491 e. The maximum atomic E-state index is 11.5. The van der Waals surface area contributed by atoms with Crippen LogP contribution in [0.2, 0.25) is 0 Å². The molecule has 0 bridgehead atoms. The number of hydrogen-bond acceptors (Lipinski definition) is 9. The molecule has 32 heavy (non-hydrogen) atoms. The van der Waals surface area contributed by atoms with E-state index >= 15 is 0 Å². The van der Waals surface area contributed by atoms with Gasteiger partial charge < -0.3 is 29.6 Å². The molecule has 11 heteroatoms. The second kappa shape index (κ2) is 8.24. The van der Waals surface area contributed by atoms with Crippen LogP contribution in [0.4, 0.5) is 5.13 Å². The molecular formula is C21H21N5O5S. The van der Waals surface area contributed by atoms with E-state index in [2.05, 4.69) is 9.55 Å². The first kappa shape index (κ1) is 20.5. The van der Waals surface area contributed by atoms with Crippen molar-refractivity contribution in [2.75, 3.05) is 26.1 Å². The molecule has 0 fully saturated rings. The number of carbonyl (C=O) groups is 1. The van der Waals surface area contributed by atoms with E-state index in [0.29, 0.717) is 40.3 Å². The van der Waals surface area contributed by atoms with Gasteiger partial charge in [0.2, 0.25) is 6.10 Å². The molecular weight excluding hydrogens is 434 g/mol. The number of rotatable bonds is 6. The third kappa shape index (κ3) is 3.69. The van der Waals surface area contributed by atoms with Crippen LogP contribution in [-0.2, 0) is 16.1 Å².